The summed E-state index contributed by atoms with van der Waals surface area (Å²) in [7, 11) is 3.30. The van der Waals surface area contributed by atoms with Gasteiger partial charge >= 0.3 is 5.97 Å². The third-order valence-electron chi connectivity index (χ3n) is 9.98. The van der Waals surface area contributed by atoms with Crippen molar-refractivity contribution in [3.8, 4) is 29.1 Å². The van der Waals surface area contributed by atoms with Gasteiger partial charge in [-0.15, -0.1) is 0 Å². The standard InChI is InChI=1S/C42H52N4O6/c1-5-28-11-12-38(52-27(2)47)23-37(49)18-29(32-17-35(24-43-3)42(50)40(21-32)51-4)9-7-14-45-41-22-31(13-15-46-41)39(30-8-6-10-36(48)19-30)20-34-26-44-25-33(34)16-28/h6,8,10,13,17,19,21-22,25-26,28-29,38-39,43-46,48,50H,5,11-12,14-16,18,20,23-24H2,1-4H3. The van der Waals surface area contributed by atoms with E-state index in [0.29, 0.717) is 43.3 Å². The number of aromatic nitrogens is 1. The van der Waals surface area contributed by atoms with E-state index in [9.17, 15) is 19.8 Å². The molecule has 10 nitrogen and oxygen atoms in total. The molecule has 2 aromatic carbocycles. The molecule has 0 saturated carbocycles. The van der Waals surface area contributed by atoms with Crippen LogP contribution < -0.4 is 20.7 Å². The van der Waals surface area contributed by atoms with Crippen molar-refractivity contribution >= 4 is 11.8 Å². The highest BCUT2D eigenvalue weighted by Gasteiger charge is 2.25. The first-order chi connectivity index (χ1) is 25.2. The van der Waals surface area contributed by atoms with Crippen LogP contribution in [0.15, 0.2) is 72.3 Å². The van der Waals surface area contributed by atoms with Crippen LogP contribution >= 0.6 is 0 Å². The summed E-state index contributed by atoms with van der Waals surface area (Å²) in [5, 5.41) is 31.1. The Morgan fingerprint density at radius 2 is 1.83 bits per heavy atom. The van der Waals surface area contributed by atoms with Gasteiger partial charge in [0.05, 0.1) is 25.4 Å². The average Bonchev–Trinajstić information content (AvgIpc) is 3.56. The fourth-order valence-electron chi connectivity index (χ4n) is 7.23. The van der Waals surface area contributed by atoms with E-state index in [4.69, 9.17) is 9.47 Å². The van der Waals surface area contributed by atoms with Crippen molar-refractivity contribution in [2.45, 2.75) is 83.3 Å². The van der Waals surface area contributed by atoms with E-state index in [1.165, 1.54) is 25.2 Å². The minimum Gasteiger partial charge on any atom is -0.508 e. The maximum atomic E-state index is 13.7. The maximum Gasteiger partial charge on any atom is 0.302 e. The molecule has 1 aromatic heterocycles. The molecule has 0 amide bonds. The zero-order chi connectivity index (χ0) is 37.0. The largest absolute Gasteiger partial charge is 0.508 e. The molecule has 2 aliphatic heterocycles. The van der Waals surface area contributed by atoms with Gasteiger partial charge in [0.25, 0.3) is 0 Å². The number of esters is 1. The summed E-state index contributed by atoms with van der Waals surface area (Å²) in [6.45, 7) is 4.92. The van der Waals surface area contributed by atoms with Crippen molar-refractivity contribution in [3.05, 3.63) is 100 Å². The van der Waals surface area contributed by atoms with Crippen LogP contribution in [0.5, 0.6) is 17.2 Å². The lowest BCUT2D eigenvalue weighted by atomic mass is 9.82. The van der Waals surface area contributed by atoms with Crippen LogP contribution in [-0.2, 0) is 33.7 Å². The monoisotopic (exact) mass is 708 g/mol. The van der Waals surface area contributed by atoms with Crippen molar-refractivity contribution in [2.24, 2.45) is 5.92 Å². The predicted octanol–water partition coefficient (Wildman–Crippen LogP) is 5.87. The van der Waals surface area contributed by atoms with Crippen LogP contribution in [-0.4, -0.2) is 60.3 Å². The van der Waals surface area contributed by atoms with Crippen molar-refractivity contribution in [1.82, 2.24) is 20.9 Å². The molecule has 10 heteroatoms. The number of nitrogens with one attached hydrogen (secondary N) is 4. The fraction of sp³-hybridized carbons (Fsp3) is 0.429. The second-order valence-electron chi connectivity index (χ2n) is 13.7. The molecule has 0 spiro atoms. The highest BCUT2D eigenvalue weighted by atomic mass is 16.5. The second kappa shape index (κ2) is 18.4. The number of ketones is 1. The summed E-state index contributed by atoms with van der Waals surface area (Å²) in [6.07, 6.45) is 12.0. The van der Waals surface area contributed by atoms with Crippen LogP contribution in [0.2, 0.25) is 0 Å². The number of carbonyl (C=O) groups excluding carboxylic acids is 2. The molecule has 4 unspecified atom stereocenters. The molecular weight excluding hydrogens is 656 g/mol. The Kier molecular flexibility index (Phi) is 13.5. The van der Waals surface area contributed by atoms with Gasteiger partial charge in [-0.25, -0.2) is 0 Å². The van der Waals surface area contributed by atoms with Crippen LogP contribution in [0.4, 0.5) is 0 Å². The smallest absolute Gasteiger partial charge is 0.302 e. The van der Waals surface area contributed by atoms with E-state index in [-0.39, 0.29) is 36.0 Å². The number of Topliss-reactive ketones (excluding diaryl/α,β-unsaturated/α-hetero) is 1. The minimum absolute atomic E-state index is 0.00247. The number of ether oxygens (including phenoxy) is 2. The molecule has 2 bridgehead atoms. The van der Waals surface area contributed by atoms with Crippen LogP contribution in [0.1, 0.15) is 85.6 Å². The number of allylic oxidation sites excluding steroid dienone is 2. The first-order valence-electron chi connectivity index (χ1n) is 18.2. The molecule has 276 valence electrons. The van der Waals surface area contributed by atoms with Gasteiger partial charge in [-0.3, -0.25) is 9.59 Å². The van der Waals surface area contributed by atoms with E-state index in [2.05, 4.69) is 70.3 Å². The van der Waals surface area contributed by atoms with Crippen LogP contribution in [0.25, 0.3) is 0 Å². The van der Waals surface area contributed by atoms with Gasteiger partial charge in [-0.1, -0.05) is 43.4 Å². The zero-order valence-electron chi connectivity index (χ0n) is 30.7. The Balaban J connectivity index is 1.52. The summed E-state index contributed by atoms with van der Waals surface area (Å²) in [5.41, 5.74) is 6.02. The molecule has 0 fully saturated rings. The number of carbonyl (C=O) groups is 2. The van der Waals surface area contributed by atoms with Crippen molar-refractivity contribution in [1.29, 1.82) is 0 Å². The van der Waals surface area contributed by atoms with E-state index in [1.807, 2.05) is 18.2 Å². The van der Waals surface area contributed by atoms with Gasteiger partial charge < -0.3 is 40.6 Å². The molecule has 52 heavy (non-hydrogen) atoms. The van der Waals surface area contributed by atoms with Crippen LogP contribution in [0, 0.1) is 17.8 Å². The van der Waals surface area contributed by atoms with Gasteiger partial charge in [0, 0.05) is 56.7 Å². The number of H-pyrrole nitrogens is 1. The number of phenolic OH excluding ortho intramolecular Hbond substituents is 2. The number of aromatic amines is 1. The highest BCUT2D eigenvalue weighted by molar-refractivity contribution is 5.81. The Morgan fingerprint density at radius 1 is 1.02 bits per heavy atom. The number of aromatic hydroxyl groups is 2. The van der Waals surface area contributed by atoms with Gasteiger partial charge in [0.2, 0.25) is 0 Å². The topological polar surface area (TPSA) is 145 Å². The molecule has 0 saturated heterocycles. The van der Waals surface area contributed by atoms with Gasteiger partial charge in [0.15, 0.2) is 11.5 Å². The Morgan fingerprint density at radius 3 is 2.56 bits per heavy atom. The first-order valence-corrected chi connectivity index (χ1v) is 18.2. The third-order valence-corrected chi connectivity index (χ3v) is 9.98. The number of rotatable bonds is 7. The number of methoxy groups -OCH3 is 1. The second-order valence-corrected chi connectivity index (χ2v) is 13.7. The fourth-order valence-corrected chi connectivity index (χ4v) is 7.23. The lowest BCUT2D eigenvalue weighted by Gasteiger charge is -2.25. The quantitative estimate of drug-likeness (QED) is 0.131. The molecule has 2 aliphatic rings. The average molecular weight is 709 g/mol. The number of hydrogen-bond acceptors (Lipinski definition) is 9. The van der Waals surface area contributed by atoms with Crippen molar-refractivity contribution in [2.75, 3.05) is 27.2 Å². The van der Waals surface area contributed by atoms with E-state index >= 15 is 0 Å². The predicted molar refractivity (Wildman–Crippen MR) is 202 cm³/mol. The number of fused-ring (bicyclic) bond motifs is 2. The summed E-state index contributed by atoms with van der Waals surface area (Å²) in [6, 6.07) is 11.1. The van der Waals surface area contributed by atoms with Gasteiger partial charge in [-0.2, -0.15) is 0 Å². The number of dihydropyridines is 1. The summed E-state index contributed by atoms with van der Waals surface area (Å²) < 4.78 is 11.2. The molecule has 3 aromatic rings. The van der Waals surface area contributed by atoms with Gasteiger partial charge in [-0.05, 0) is 96.8 Å². The van der Waals surface area contributed by atoms with Crippen molar-refractivity contribution < 1.29 is 29.3 Å². The number of benzene rings is 2. The van der Waals surface area contributed by atoms with E-state index < -0.39 is 18.0 Å². The van der Waals surface area contributed by atoms with Crippen molar-refractivity contribution in [3.63, 3.8) is 0 Å². The van der Waals surface area contributed by atoms with E-state index in [1.54, 1.807) is 19.2 Å². The SMILES string of the molecule is CCC1CCC(OC(C)=O)CC(=O)CC(c2cc(CNC)c(O)c(OC)c2)C#CCNC2=CC(=CCN2)C(c2cccc(O)c2)Cc2c[nH]cc2C1. The molecule has 0 aliphatic carbocycles. The number of hydrogen-bond donors (Lipinski definition) is 6. The maximum absolute atomic E-state index is 13.7. The lowest BCUT2D eigenvalue weighted by Crippen LogP contribution is -2.30. The Bertz CT molecular complexity index is 1830. The summed E-state index contributed by atoms with van der Waals surface area (Å²) in [5.74, 6) is 7.36. The minimum atomic E-state index is -0.542. The Hall–Kier alpha value is -5.14. The van der Waals surface area contributed by atoms with E-state index in [0.717, 1.165) is 48.2 Å². The molecule has 5 rings (SSSR count). The summed E-state index contributed by atoms with van der Waals surface area (Å²) in [4.78, 5) is 29.3. The normalized spacial score (nSPS) is 21.5. The molecular formula is C42H52N4O6. The Labute approximate surface area is 307 Å². The lowest BCUT2D eigenvalue weighted by molar-refractivity contribution is -0.148. The summed E-state index contributed by atoms with van der Waals surface area (Å²) >= 11 is 0. The zero-order valence-corrected chi connectivity index (χ0v) is 30.7. The molecule has 6 N–H and O–H groups in total. The first kappa shape index (κ1) is 38.1. The van der Waals surface area contributed by atoms with Gasteiger partial charge in [0.1, 0.15) is 17.6 Å². The molecule has 0 radical (unpaired) electrons. The molecule has 3 heterocycles. The number of phenols is 2. The molecule has 4 atom stereocenters. The van der Waals surface area contributed by atoms with Crippen LogP contribution in [0.3, 0.4) is 0 Å². The highest BCUT2D eigenvalue weighted by Crippen LogP contribution is 2.36. The third kappa shape index (κ3) is 10.2.